The number of carboxylic acid groups (broad SMARTS) is 2. The highest BCUT2D eigenvalue weighted by Gasteiger charge is 2.51. The van der Waals surface area contributed by atoms with Gasteiger partial charge in [0.1, 0.15) is 37.1 Å². The number of rotatable bonds is 21. The minimum atomic E-state index is -4.10. The van der Waals surface area contributed by atoms with Crippen LogP contribution in [0.2, 0.25) is 0 Å². The fourth-order valence-electron chi connectivity index (χ4n) is 6.87. The zero-order chi connectivity index (χ0) is 45.0. The van der Waals surface area contributed by atoms with E-state index in [2.05, 4.69) is 20.7 Å². The molecule has 326 valence electrons. The second-order valence-corrected chi connectivity index (χ2v) is 15.0. The van der Waals surface area contributed by atoms with Gasteiger partial charge in [-0.15, -0.1) is 0 Å². The molecule has 0 aliphatic heterocycles. The molecule has 4 aromatic carbocycles. The first-order chi connectivity index (χ1) is 29.5. The predicted molar refractivity (Wildman–Crippen MR) is 220 cm³/mol. The van der Waals surface area contributed by atoms with Gasteiger partial charge in [0.2, 0.25) is 17.7 Å². The van der Waals surface area contributed by atoms with Gasteiger partial charge in [-0.3, -0.25) is 19.2 Å². The molecular weight excluding hydrogens is 808 g/mol. The molecule has 0 aromatic heterocycles. The van der Waals surface area contributed by atoms with Crippen LogP contribution < -0.4 is 26.4 Å². The van der Waals surface area contributed by atoms with Crippen LogP contribution in [0.3, 0.4) is 0 Å². The number of hydrogen-bond acceptors (Lipinski definition) is 10. The number of alkyl carbamates (subject to hydrolysis) is 1. The first kappa shape index (κ1) is 45.8. The van der Waals surface area contributed by atoms with Crippen LogP contribution in [0.4, 0.5) is 9.18 Å². The molecule has 0 saturated heterocycles. The first-order valence-corrected chi connectivity index (χ1v) is 19.7. The van der Waals surface area contributed by atoms with Crippen LogP contribution in [-0.4, -0.2) is 82.5 Å². The van der Waals surface area contributed by atoms with Gasteiger partial charge in [0.15, 0.2) is 0 Å². The van der Waals surface area contributed by atoms with Crippen molar-refractivity contribution in [3.8, 4) is 16.9 Å². The maximum Gasteiger partial charge on any atom is 0.443 e. The molecule has 1 aliphatic rings. The summed E-state index contributed by atoms with van der Waals surface area (Å²) in [5.41, 5.74) is 10.5. The Hall–Kier alpha value is -7.30. The van der Waals surface area contributed by atoms with E-state index in [1.807, 2.05) is 48.5 Å². The Morgan fingerprint density at radius 3 is 1.81 bits per heavy atom. The molecule has 5 rings (SSSR count). The lowest BCUT2D eigenvalue weighted by molar-refractivity contribution is -0.191. The third-order valence-corrected chi connectivity index (χ3v) is 10.0. The normalized spacial score (nSPS) is 13.4. The molecule has 0 spiro atoms. The Morgan fingerprint density at radius 1 is 0.694 bits per heavy atom. The number of nitrogens with two attached hydrogens (primary N) is 1. The summed E-state index contributed by atoms with van der Waals surface area (Å²) in [7, 11) is 0. The van der Waals surface area contributed by atoms with Gasteiger partial charge in [0.25, 0.3) is 0 Å². The summed E-state index contributed by atoms with van der Waals surface area (Å²) in [5, 5.41) is 25.8. The monoisotopic (exact) mass is 854 g/mol. The largest absolute Gasteiger partial charge is 0.476 e. The van der Waals surface area contributed by atoms with E-state index in [4.69, 9.17) is 25.4 Å². The number of benzene rings is 4. The number of nitrogens with one attached hydrogen (secondary N) is 3. The standard InChI is InChI=1S/C45H47FN4O12/c1-26(2)22-36(39(47)52)48-41(54)37(23-27-16-18-29(19-17-27)62-45(46,42(55)56)43(57)58)49-40(53)35(20-21-38(51)60-24-28-10-4-3-5-11-28)50-44(59)61-25-34-32-14-8-6-12-30(32)31-13-7-9-15-33(31)34/h3-19,26,34-37H,20-25H2,1-2H3,(H2,47,52)(H,48,54)(H,49,53)(H,50,59)(H,55,56)(H,57,58)/t35-,36-,37-/m0/s1. The fraction of sp³-hybridized carbons (Fsp3) is 0.311. The average Bonchev–Trinajstić information content (AvgIpc) is 3.57. The number of alkyl halides is 1. The number of amides is 4. The lowest BCUT2D eigenvalue weighted by Gasteiger charge is -2.25. The van der Waals surface area contributed by atoms with Crippen LogP contribution in [0.5, 0.6) is 5.75 Å². The molecule has 0 fully saturated rings. The van der Waals surface area contributed by atoms with Gasteiger partial charge < -0.3 is 46.1 Å². The van der Waals surface area contributed by atoms with Crippen LogP contribution in [0, 0.1) is 5.92 Å². The SMILES string of the molecule is CC(C)C[C@H](NC(=O)[C@H](Cc1ccc(OC(F)(C(=O)O)C(=O)O)cc1)NC(=O)[C@H](CCC(=O)OCc1ccccc1)NC(=O)OCC1c2ccccc2-c2ccccc21)C(N)=O. The second kappa shape index (κ2) is 20.8. The summed E-state index contributed by atoms with van der Waals surface area (Å²) in [4.78, 5) is 89.2. The molecule has 17 heteroatoms. The molecule has 3 atom stereocenters. The third kappa shape index (κ3) is 11.9. The van der Waals surface area contributed by atoms with Crippen molar-refractivity contribution in [2.45, 2.75) is 76.0 Å². The van der Waals surface area contributed by atoms with Gasteiger partial charge in [0, 0.05) is 18.8 Å². The number of primary amides is 1. The maximum absolute atomic E-state index is 14.6. The number of carbonyl (C=O) groups is 7. The smallest absolute Gasteiger partial charge is 0.443 e. The van der Waals surface area contributed by atoms with E-state index in [1.165, 1.54) is 12.1 Å². The zero-order valence-electron chi connectivity index (χ0n) is 33.9. The van der Waals surface area contributed by atoms with Gasteiger partial charge in [-0.1, -0.05) is 105 Å². The molecule has 4 aromatic rings. The van der Waals surface area contributed by atoms with Crippen molar-refractivity contribution >= 4 is 41.7 Å². The lowest BCUT2D eigenvalue weighted by atomic mass is 9.98. The van der Waals surface area contributed by atoms with Gasteiger partial charge >= 0.3 is 29.9 Å². The second-order valence-electron chi connectivity index (χ2n) is 15.0. The van der Waals surface area contributed by atoms with Crippen molar-refractivity contribution in [3.05, 3.63) is 125 Å². The summed E-state index contributed by atoms with van der Waals surface area (Å²) >= 11 is 0. The number of esters is 1. The van der Waals surface area contributed by atoms with Crippen LogP contribution in [-0.2, 0) is 51.3 Å². The number of aliphatic carboxylic acids is 2. The van der Waals surface area contributed by atoms with Crippen molar-refractivity contribution in [1.29, 1.82) is 0 Å². The van der Waals surface area contributed by atoms with Gasteiger partial charge in [-0.05, 0) is 64.3 Å². The van der Waals surface area contributed by atoms with Crippen LogP contribution in [0.1, 0.15) is 61.3 Å². The molecular formula is C45H47FN4O12. The highest BCUT2D eigenvalue weighted by molar-refractivity contribution is 6.00. The van der Waals surface area contributed by atoms with E-state index in [0.717, 1.165) is 39.9 Å². The Labute approximate surface area is 355 Å². The number of ether oxygens (including phenoxy) is 3. The number of carboxylic acids is 2. The van der Waals surface area contributed by atoms with Crippen LogP contribution >= 0.6 is 0 Å². The summed E-state index contributed by atoms with van der Waals surface area (Å²) in [6.45, 7) is 3.47. The number of fused-ring (bicyclic) bond motifs is 3. The molecule has 0 bridgehead atoms. The summed E-state index contributed by atoms with van der Waals surface area (Å²) in [6, 6.07) is 24.8. The molecule has 0 unspecified atom stereocenters. The highest BCUT2D eigenvalue weighted by Crippen LogP contribution is 2.44. The van der Waals surface area contributed by atoms with E-state index in [0.29, 0.717) is 0 Å². The number of carbonyl (C=O) groups excluding carboxylic acids is 5. The molecule has 0 radical (unpaired) electrons. The van der Waals surface area contributed by atoms with Crippen LogP contribution in [0.15, 0.2) is 103 Å². The Morgan fingerprint density at radius 2 is 1.24 bits per heavy atom. The van der Waals surface area contributed by atoms with E-state index in [-0.39, 0.29) is 56.3 Å². The van der Waals surface area contributed by atoms with Gasteiger partial charge in [-0.25, -0.2) is 14.4 Å². The van der Waals surface area contributed by atoms with E-state index < -0.39 is 71.5 Å². The number of hydrogen-bond donors (Lipinski definition) is 6. The van der Waals surface area contributed by atoms with E-state index in [1.54, 1.807) is 44.2 Å². The number of halogens is 1. The molecule has 4 amide bonds. The summed E-state index contributed by atoms with van der Waals surface area (Å²) in [5.74, 6) is -13.1. The minimum Gasteiger partial charge on any atom is -0.476 e. The summed E-state index contributed by atoms with van der Waals surface area (Å²) in [6.07, 6.45) is -1.77. The summed E-state index contributed by atoms with van der Waals surface area (Å²) < 4.78 is 30.2. The quantitative estimate of drug-likeness (QED) is 0.0505. The van der Waals surface area contributed by atoms with Crippen molar-refractivity contribution in [2.24, 2.45) is 11.7 Å². The molecule has 16 nitrogen and oxygen atoms in total. The van der Waals surface area contributed by atoms with Gasteiger partial charge in [-0.2, -0.15) is 4.39 Å². The molecule has 0 heterocycles. The molecule has 0 saturated carbocycles. The van der Waals surface area contributed by atoms with E-state index >= 15 is 0 Å². The topological polar surface area (TPSA) is 250 Å². The van der Waals surface area contributed by atoms with E-state index in [9.17, 15) is 38.0 Å². The first-order valence-electron chi connectivity index (χ1n) is 19.7. The predicted octanol–water partition coefficient (Wildman–Crippen LogP) is 4.37. The van der Waals surface area contributed by atoms with Crippen molar-refractivity contribution in [2.75, 3.05) is 6.61 Å². The van der Waals surface area contributed by atoms with Crippen molar-refractivity contribution < 1.29 is 62.4 Å². The zero-order valence-corrected chi connectivity index (χ0v) is 33.9. The van der Waals surface area contributed by atoms with Crippen molar-refractivity contribution in [3.63, 3.8) is 0 Å². The molecule has 1 aliphatic carbocycles. The maximum atomic E-state index is 14.6. The highest BCUT2D eigenvalue weighted by atomic mass is 19.2. The average molecular weight is 855 g/mol. The Balaban J connectivity index is 1.36. The molecule has 7 N–H and O–H groups in total. The fourth-order valence-corrected chi connectivity index (χ4v) is 6.87. The minimum absolute atomic E-state index is 0.0429. The van der Waals surface area contributed by atoms with Crippen molar-refractivity contribution in [1.82, 2.24) is 16.0 Å². The lowest BCUT2D eigenvalue weighted by Crippen LogP contribution is -2.57. The Bertz CT molecular complexity index is 2210. The third-order valence-electron chi connectivity index (χ3n) is 10.0. The van der Waals surface area contributed by atoms with Crippen LogP contribution in [0.25, 0.3) is 11.1 Å². The van der Waals surface area contributed by atoms with Gasteiger partial charge in [0.05, 0.1) is 0 Å². The molecule has 62 heavy (non-hydrogen) atoms. The Kier molecular flexibility index (Phi) is 15.3.